The fourth-order valence-corrected chi connectivity index (χ4v) is 14.0. The van der Waals surface area contributed by atoms with E-state index in [4.69, 9.17) is 14.2 Å². The predicted molar refractivity (Wildman–Crippen MR) is 403 cm³/mol. The summed E-state index contributed by atoms with van der Waals surface area (Å²) in [7, 11) is 0. The van der Waals surface area contributed by atoms with E-state index in [0.717, 1.165) is 67.8 Å². The molecule has 0 bridgehead atoms. The van der Waals surface area contributed by atoms with Crippen molar-refractivity contribution in [2.75, 3.05) is 19.8 Å². The van der Waals surface area contributed by atoms with Crippen LogP contribution in [0.15, 0.2) is 254 Å². The molecule has 14 nitrogen and oxygen atoms in total. The summed E-state index contributed by atoms with van der Waals surface area (Å²) < 4.78 is 17.6. The summed E-state index contributed by atoms with van der Waals surface area (Å²) in [6, 6.07) is 76.5. The van der Waals surface area contributed by atoms with Crippen LogP contribution in [0, 0.1) is 0 Å². The summed E-state index contributed by atoms with van der Waals surface area (Å²) in [5.74, 6) is -1.09. The normalized spacial score (nSPS) is 13.0. The lowest BCUT2D eigenvalue weighted by atomic mass is 9.98. The van der Waals surface area contributed by atoms with Crippen molar-refractivity contribution < 1.29 is 38.5 Å². The van der Waals surface area contributed by atoms with Gasteiger partial charge >= 0.3 is 24.2 Å². The Morgan fingerprint density at radius 3 is 0.970 bits per heavy atom. The van der Waals surface area contributed by atoms with Crippen LogP contribution in [0.5, 0.6) is 0 Å². The molecule has 0 saturated carbocycles. The molecule has 3 heterocycles. The molecule has 14 rings (SSSR count). The zero-order valence-electron chi connectivity index (χ0n) is 56.7. The molecule has 4 N–H and O–H groups in total. The van der Waals surface area contributed by atoms with Gasteiger partial charge in [0.05, 0.1) is 11.4 Å². The van der Waals surface area contributed by atoms with Crippen LogP contribution in [0.3, 0.4) is 0 Å². The number of fused-ring (bicyclic) bond motifs is 9. The number of carboxylic acids is 1. The molecule has 0 aliphatic heterocycles. The van der Waals surface area contributed by atoms with Gasteiger partial charge in [-0.15, -0.1) is 12.4 Å². The van der Waals surface area contributed by atoms with Crippen molar-refractivity contribution in [3.8, 4) is 55.9 Å². The molecule has 101 heavy (non-hydrogen) atoms. The highest BCUT2D eigenvalue weighted by Crippen LogP contribution is 2.47. The van der Waals surface area contributed by atoms with Crippen LogP contribution < -0.4 is 16.0 Å². The van der Waals surface area contributed by atoms with Crippen molar-refractivity contribution in [2.45, 2.75) is 95.7 Å². The third kappa shape index (κ3) is 17.3. The first-order valence-electron chi connectivity index (χ1n) is 34.0. The number of halogens is 2. The van der Waals surface area contributed by atoms with Crippen molar-refractivity contribution >= 4 is 52.6 Å². The maximum absolute atomic E-state index is 12.6. The number of aromatic nitrogens is 3. The highest BCUT2D eigenvalue weighted by atomic mass is 79.9. The summed E-state index contributed by atoms with van der Waals surface area (Å²) >= 11 is 3.33. The number of benzene rings is 8. The summed E-state index contributed by atoms with van der Waals surface area (Å²) in [6.07, 6.45) is 7.19. The molecule has 0 unspecified atom stereocenters. The summed E-state index contributed by atoms with van der Waals surface area (Å²) in [4.78, 5) is 62.9. The smallest absolute Gasteiger partial charge is 0.407 e. The SMILES string of the molecule is CCc1ccccc1-c1ccc(C[C@@H](C)NC(=O)OCC2c3ccccc3-c3ccccc32)cn1.CCc1ccccc1-c1ccc(C[C@H](NC(=O)OCC2c3ccccc3-c3ccccc32)C(=O)O)cn1.C[C@H](Cc1ccc(Br)nc1)NC(=O)OCC1c2ccccc2-c2ccccc21.Cl. The topological polar surface area (TPSA) is 191 Å². The third-order valence-corrected chi connectivity index (χ3v) is 19.1. The van der Waals surface area contributed by atoms with Crippen LogP contribution in [-0.2, 0) is 51.1 Å². The van der Waals surface area contributed by atoms with Gasteiger partial charge in [0.2, 0.25) is 0 Å². The molecule has 3 aromatic heterocycles. The number of alkyl carbamates (subject to hydrolysis) is 3. The lowest BCUT2D eigenvalue weighted by Crippen LogP contribution is -2.42. The van der Waals surface area contributed by atoms with Gasteiger partial charge in [-0.25, -0.2) is 24.2 Å². The van der Waals surface area contributed by atoms with Gasteiger partial charge in [0.25, 0.3) is 0 Å². The first-order valence-corrected chi connectivity index (χ1v) is 34.8. The zero-order chi connectivity index (χ0) is 69.5. The average molecular weight is 1430 g/mol. The van der Waals surface area contributed by atoms with Gasteiger partial charge in [0.1, 0.15) is 30.5 Å². The molecule has 3 aliphatic carbocycles. The van der Waals surface area contributed by atoms with Crippen LogP contribution in [0.1, 0.15) is 107 Å². The second-order valence-electron chi connectivity index (χ2n) is 25.3. The number of aliphatic carboxylic acids is 1. The number of nitrogens with zero attached hydrogens (tertiary/aromatic N) is 3. The Bertz CT molecular complexity index is 4550. The van der Waals surface area contributed by atoms with Crippen molar-refractivity contribution in [3.05, 3.63) is 315 Å². The van der Waals surface area contributed by atoms with E-state index >= 15 is 0 Å². The van der Waals surface area contributed by atoms with Gasteiger partial charge in [-0.1, -0.05) is 226 Å². The molecule has 11 aromatic rings. The first-order chi connectivity index (χ1) is 48.8. The number of carboxylic acid groups (broad SMARTS) is 1. The minimum Gasteiger partial charge on any atom is -0.480 e. The van der Waals surface area contributed by atoms with Gasteiger partial charge in [-0.3, -0.25) is 9.97 Å². The Hall–Kier alpha value is -10.7. The van der Waals surface area contributed by atoms with E-state index in [0.29, 0.717) is 31.6 Å². The van der Waals surface area contributed by atoms with Crippen LogP contribution in [0.2, 0.25) is 0 Å². The molecule has 0 spiro atoms. The van der Waals surface area contributed by atoms with E-state index in [-0.39, 0.29) is 67.5 Å². The Morgan fingerprint density at radius 2 is 0.673 bits per heavy atom. The molecule has 0 saturated heterocycles. The quantitative estimate of drug-likeness (QED) is 0.0419. The number of nitrogens with one attached hydrogen (secondary N) is 3. The maximum Gasteiger partial charge on any atom is 0.407 e. The monoisotopic (exact) mass is 1430 g/mol. The first kappa shape index (κ1) is 71.5. The number of pyridine rings is 3. The number of hydrogen-bond donors (Lipinski definition) is 4. The predicted octanol–water partition coefficient (Wildman–Crippen LogP) is 18.4. The number of aryl methyl sites for hydroxylation is 2. The van der Waals surface area contributed by atoms with Gasteiger partial charge in [0.15, 0.2) is 0 Å². The van der Waals surface area contributed by atoms with E-state index in [1.54, 1.807) is 12.4 Å². The Balaban J connectivity index is 0.000000153. The van der Waals surface area contributed by atoms with Gasteiger partial charge in [-0.2, -0.15) is 0 Å². The van der Waals surface area contributed by atoms with E-state index in [9.17, 15) is 24.3 Å². The van der Waals surface area contributed by atoms with Crippen LogP contribution in [0.25, 0.3) is 55.9 Å². The minimum atomic E-state index is -1.13. The fourth-order valence-electron chi connectivity index (χ4n) is 13.8. The van der Waals surface area contributed by atoms with Gasteiger partial charge in [-0.05, 0) is 168 Å². The van der Waals surface area contributed by atoms with E-state index in [1.807, 2.05) is 141 Å². The summed E-state index contributed by atoms with van der Waals surface area (Å²) in [5, 5.41) is 18.1. The van der Waals surface area contributed by atoms with Crippen LogP contribution in [-0.4, -0.2) is 82.3 Å². The lowest BCUT2D eigenvalue weighted by molar-refractivity contribution is -0.139. The standard InChI is InChI=1S/C31H28N2O4.C31H30N2O2.C23H21BrN2O2.ClH/c1-2-21-9-3-4-10-22(21)28-16-15-20(18-32-28)17-29(30(34)35)33-31(36)37-19-27-25-13-7-5-11-23(25)24-12-6-8-14-26(24)27;1-3-23-10-4-5-11-24(23)30-17-16-22(19-32-30)18-21(2)33-31(34)35-20-29-27-14-8-6-12-25(27)26-13-7-9-15-28(26)29;1-15(12-16-10-11-22(24)25-13-16)26-23(27)28-14-21-19-8-4-2-6-17(19)18-7-3-5-9-20(18)21;/h3-16,18,27,29H,2,17,19H2,1H3,(H,33,36)(H,34,35);4-17,19,21,29H,3,18,20H2,1-2H3,(H,33,34);2-11,13,15,21H,12,14H2,1H3,(H,26,27);1H/t29-;21-;15-;/m011./s1. The molecular formula is C85H80BrClN6O8. The number of rotatable bonds is 20. The molecule has 8 aromatic carbocycles. The largest absolute Gasteiger partial charge is 0.480 e. The lowest BCUT2D eigenvalue weighted by Gasteiger charge is -2.17. The van der Waals surface area contributed by atoms with E-state index in [1.165, 1.54) is 61.2 Å². The van der Waals surface area contributed by atoms with Gasteiger partial charge < -0.3 is 35.3 Å². The molecule has 16 heteroatoms. The highest BCUT2D eigenvalue weighted by Gasteiger charge is 2.33. The Morgan fingerprint density at radius 1 is 0.386 bits per heavy atom. The molecule has 3 aliphatic rings. The van der Waals surface area contributed by atoms with E-state index < -0.39 is 18.1 Å². The molecule has 512 valence electrons. The van der Waals surface area contributed by atoms with Crippen LogP contribution in [0.4, 0.5) is 14.4 Å². The second kappa shape index (κ2) is 33.9. The number of carbonyl (C=O) groups is 4. The third-order valence-electron chi connectivity index (χ3n) is 18.7. The van der Waals surface area contributed by atoms with Crippen molar-refractivity contribution in [1.29, 1.82) is 0 Å². The van der Waals surface area contributed by atoms with Gasteiger partial charge in [0, 0.05) is 66.0 Å². The molecule has 0 radical (unpaired) electrons. The second-order valence-corrected chi connectivity index (χ2v) is 26.1. The summed E-state index contributed by atoms with van der Waals surface area (Å²) in [5.41, 5.74) is 23.6. The van der Waals surface area contributed by atoms with Crippen molar-refractivity contribution in [3.63, 3.8) is 0 Å². The molecular weight excluding hydrogens is 1350 g/mol. The molecule has 3 amide bonds. The van der Waals surface area contributed by atoms with Crippen molar-refractivity contribution in [1.82, 2.24) is 30.9 Å². The fraction of sp³-hybridized carbons (Fsp3) is 0.212. The molecule has 0 fully saturated rings. The number of ether oxygens (including phenoxy) is 3. The average Bonchev–Trinajstić information content (AvgIpc) is 1.64. The zero-order valence-corrected chi connectivity index (χ0v) is 59.1. The molecule has 3 atom stereocenters. The van der Waals surface area contributed by atoms with Crippen molar-refractivity contribution in [2.24, 2.45) is 0 Å². The van der Waals surface area contributed by atoms with E-state index in [2.05, 4.69) is 170 Å². The Kier molecular flexibility index (Phi) is 24.0. The Labute approximate surface area is 604 Å². The number of hydrogen-bond acceptors (Lipinski definition) is 10. The minimum absolute atomic E-state index is 0. The summed E-state index contributed by atoms with van der Waals surface area (Å²) in [6.45, 7) is 8.97. The number of amides is 3. The van der Waals surface area contributed by atoms with Crippen LogP contribution >= 0.6 is 28.3 Å². The highest BCUT2D eigenvalue weighted by molar-refractivity contribution is 9.10. The number of carbonyl (C=O) groups excluding carboxylic acids is 3. The maximum atomic E-state index is 12.6.